The van der Waals surface area contributed by atoms with Crippen molar-refractivity contribution in [2.75, 3.05) is 13.8 Å². The predicted molar refractivity (Wildman–Crippen MR) is 131 cm³/mol. The van der Waals surface area contributed by atoms with Gasteiger partial charge in [0.2, 0.25) is 0 Å². The number of carbonyl (C=O) groups is 2. The lowest BCUT2D eigenvalue weighted by molar-refractivity contribution is 0.0845. The van der Waals surface area contributed by atoms with Crippen molar-refractivity contribution in [3.63, 3.8) is 0 Å². The zero-order chi connectivity index (χ0) is 26.5. The molecule has 0 atom stereocenters. The van der Waals surface area contributed by atoms with E-state index in [1.165, 1.54) is 31.4 Å². The summed E-state index contributed by atoms with van der Waals surface area (Å²) in [6, 6.07) is 10.6. The summed E-state index contributed by atoms with van der Waals surface area (Å²) in [6.07, 6.45) is 1.39. The van der Waals surface area contributed by atoms with E-state index in [1.54, 1.807) is 18.2 Å². The Balaban J connectivity index is 0.00000481. The molecule has 0 aliphatic carbocycles. The molecule has 0 unspecified atom stereocenters. The van der Waals surface area contributed by atoms with Crippen molar-refractivity contribution in [1.82, 2.24) is 0 Å². The largest absolute Gasteiger partial charge is 0.493 e. The lowest BCUT2D eigenvalue weighted by Crippen LogP contribution is -2.35. The van der Waals surface area contributed by atoms with Gasteiger partial charge < -0.3 is 14.2 Å². The van der Waals surface area contributed by atoms with Crippen LogP contribution in [0.15, 0.2) is 35.4 Å². The highest BCUT2D eigenvalue weighted by molar-refractivity contribution is 6.01. The van der Waals surface area contributed by atoms with Crippen molar-refractivity contribution < 1.29 is 28.2 Å². The van der Waals surface area contributed by atoms with Gasteiger partial charge >= 0.3 is 5.60 Å². The molecule has 1 aliphatic rings. The Bertz CT molecular complexity index is 1340. The van der Waals surface area contributed by atoms with Gasteiger partial charge in [-0.15, -0.1) is 0 Å². The molecule has 10 nitrogen and oxygen atoms in total. The van der Waals surface area contributed by atoms with Crippen molar-refractivity contribution in [3.05, 3.63) is 63.0 Å². The van der Waals surface area contributed by atoms with E-state index in [0.717, 1.165) is 24.2 Å². The Hall–Kier alpha value is -4.60. The number of amides is 1. The van der Waals surface area contributed by atoms with Gasteiger partial charge in [0.25, 0.3) is 5.91 Å². The first kappa shape index (κ1) is 28.6. The van der Waals surface area contributed by atoms with Crippen LogP contribution in [0.2, 0.25) is 0 Å². The van der Waals surface area contributed by atoms with Crippen LogP contribution in [-0.4, -0.2) is 36.7 Å². The van der Waals surface area contributed by atoms with E-state index in [4.69, 9.17) is 19.7 Å². The number of rotatable bonds is 8. The third-order valence-corrected chi connectivity index (χ3v) is 5.66. The van der Waals surface area contributed by atoms with Crippen LogP contribution in [0, 0.1) is 22.7 Å². The van der Waals surface area contributed by atoms with Gasteiger partial charge in [-0.05, 0) is 78.8 Å². The molecule has 2 aromatic carbocycles. The smallest absolute Gasteiger partial charge is 0.307 e. The van der Waals surface area contributed by atoms with E-state index < -0.39 is 23.9 Å². The highest BCUT2D eigenvalue weighted by Crippen LogP contribution is 2.37. The van der Waals surface area contributed by atoms with E-state index in [2.05, 4.69) is 10.0 Å². The first-order valence-corrected chi connectivity index (χ1v) is 10.8. The normalized spacial score (nSPS) is 13.2. The molecule has 0 spiro atoms. The van der Waals surface area contributed by atoms with E-state index in [-0.39, 0.29) is 36.5 Å². The van der Waals surface area contributed by atoms with E-state index in [0.29, 0.717) is 11.1 Å². The fourth-order valence-corrected chi connectivity index (χ4v) is 3.72. The van der Waals surface area contributed by atoms with Gasteiger partial charge in [0, 0.05) is 16.9 Å². The molecule has 11 heteroatoms. The van der Waals surface area contributed by atoms with E-state index in [9.17, 15) is 24.5 Å². The number of carbonyl (C=O) groups excluding carboxylic acids is 2. The highest BCUT2D eigenvalue weighted by Gasteiger charge is 2.36. The quantitative estimate of drug-likeness (QED) is 0.199. The Morgan fingerprint density at radius 3 is 2.57 bits per heavy atom. The van der Waals surface area contributed by atoms with E-state index >= 15 is 0 Å². The molecule has 0 N–H and O–H groups in total. The minimum absolute atomic E-state index is 0. The lowest BCUT2D eigenvalue weighted by atomic mass is 9.92. The monoisotopic (exact) mass is 507 g/mol. The summed E-state index contributed by atoms with van der Waals surface area (Å²) in [4.78, 5) is 28.0. The number of nitriles is 2. The van der Waals surface area contributed by atoms with Crippen LogP contribution >= 0.6 is 0 Å². The number of fused-ring (bicyclic) bond motifs is 1. The fraction of sp³-hybridized carbons (Fsp3) is 0.385. The second kappa shape index (κ2) is 11.4. The maximum atomic E-state index is 13.5. The Labute approximate surface area is 213 Å². The summed E-state index contributed by atoms with van der Waals surface area (Å²) < 4.78 is 29.9. The summed E-state index contributed by atoms with van der Waals surface area (Å²) >= 11 is 0. The van der Waals surface area contributed by atoms with Crippen LogP contribution in [0.3, 0.4) is 0 Å². The molecule has 0 aromatic heterocycles. The number of nitrogens with zero attached hydrogens (tertiary/aromatic N) is 5. The summed E-state index contributed by atoms with van der Waals surface area (Å²) in [5.74, 6) is -1.29. The molecular formula is C26H26FN5O5. The van der Waals surface area contributed by atoms with Crippen molar-refractivity contribution in [3.8, 4) is 29.4 Å². The topological polar surface area (TPSA) is 158 Å². The van der Waals surface area contributed by atoms with E-state index in [1.807, 2.05) is 13.8 Å². The number of Topliss-reactive ketones (excluding diaryl/α,β-unsaturated/α-hetero) is 1. The molecule has 1 amide bonds. The molecular weight excluding hydrogens is 481 g/mol. The number of ketones is 1. The van der Waals surface area contributed by atoms with Gasteiger partial charge in [0.05, 0.1) is 12.7 Å². The number of hydrogen-bond acceptors (Lipinski definition) is 7. The molecule has 0 saturated carbocycles. The molecule has 0 fully saturated rings. The maximum Gasteiger partial charge on any atom is 0.307 e. The standard InChI is InChI=1S/C25H22FN5O5.CH4/c1-24(2)7-6-17-11-16(4-5-20(17)35-24)19(32)9-15-8-18(23(33)30-31-29)22(21(10-15)34-3)36-25(12-26,13-27)14-28;/h4-5,8,10-11H,6-7,9,12H2,1-3H3;1H4. The summed E-state index contributed by atoms with van der Waals surface area (Å²) in [5.41, 5.74) is 7.13. The minimum atomic E-state index is -2.56. The number of azide groups is 1. The average molecular weight is 508 g/mol. The maximum absolute atomic E-state index is 13.5. The predicted octanol–water partition coefficient (Wildman–Crippen LogP) is 5.45. The third-order valence-electron chi connectivity index (χ3n) is 5.66. The molecule has 37 heavy (non-hydrogen) atoms. The molecule has 2 aromatic rings. The Kier molecular flexibility index (Phi) is 8.84. The van der Waals surface area contributed by atoms with Crippen LogP contribution < -0.4 is 14.2 Å². The molecule has 0 bridgehead atoms. The number of alkyl halides is 1. The van der Waals surface area contributed by atoms with Gasteiger partial charge in [-0.1, -0.05) is 7.43 Å². The second-order valence-electron chi connectivity index (χ2n) is 8.74. The van der Waals surface area contributed by atoms with Gasteiger partial charge in [0.15, 0.2) is 24.0 Å². The molecule has 3 rings (SSSR count). The van der Waals surface area contributed by atoms with Crippen molar-refractivity contribution in [1.29, 1.82) is 10.5 Å². The zero-order valence-electron chi connectivity index (χ0n) is 19.9. The Morgan fingerprint density at radius 1 is 1.27 bits per heavy atom. The number of halogens is 1. The number of ether oxygens (including phenoxy) is 3. The van der Waals surface area contributed by atoms with Crippen molar-refractivity contribution >= 4 is 11.7 Å². The minimum Gasteiger partial charge on any atom is -0.493 e. The van der Waals surface area contributed by atoms with Gasteiger partial charge in [0.1, 0.15) is 23.5 Å². The number of methoxy groups -OCH3 is 1. The number of hydrogen-bond donors (Lipinski definition) is 0. The Morgan fingerprint density at radius 2 is 1.97 bits per heavy atom. The third kappa shape index (κ3) is 6.16. The molecule has 192 valence electrons. The van der Waals surface area contributed by atoms with Gasteiger partial charge in [-0.3, -0.25) is 9.59 Å². The van der Waals surface area contributed by atoms with Crippen molar-refractivity contribution in [2.24, 2.45) is 5.11 Å². The van der Waals surface area contributed by atoms with Crippen molar-refractivity contribution in [2.45, 2.75) is 51.7 Å². The fourth-order valence-electron chi connectivity index (χ4n) is 3.72. The number of benzene rings is 2. The van der Waals surface area contributed by atoms with Gasteiger partial charge in [-0.25, -0.2) is 4.39 Å². The van der Waals surface area contributed by atoms with Crippen LogP contribution in [0.1, 0.15) is 59.5 Å². The first-order valence-electron chi connectivity index (χ1n) is 10.8. The molecule has 0 radical (unpaired) electrons. The molecule has 1 heterocycles. The zero-order valence-corrected chi connectivity index (χ0v) is 19.9. The molecule has 1 aliphatic heterocycles. The second-order valence-corrected chi connectivity index (χ2v) is 8.74. The molecule has 0 saturated heterocycles. The number of aryl methyl sites for hydroxylation is 1. The lowest BCUT2D eigenvalue weighted by Gasteiger charge is -2.32. The van der Waals surface area contributed by atoms with Crippen LogP contribution in [0.4, 0.5) is 4.39 Å². The van der Waals surface area contributed by atoms with Crippen LogP contribution in [0.25, 0.3) is 10.4 Å². The summed E-state index contributed by atoms with van der Waals surface area (Å²) in [7, 11) is 1.22. The summed E-state index contributed by atoms with van der Waals surface area (Å²) in [5, 5.41) is 21.5. The summed E-state index contributed by atoms with van der Waals surface area (Å²) in [6.45, 7) is 2.49. The van der Waals surface area contributed by atoms with Gasteiger partial charge in [-0.2, -0.15) is 10.5 Å². The van der Waals surface area contributed by atoms with Crippen LogP contribution in [0.5, 0.6) is 17.2 Å². The van der Waals surface area contributed by atoms with Crippen LogP contribution in [-0.2, 0) is 12.8 Å². The SMILES string of the molecule is C.COc1cc(CC(=O)c2ccc3c(c2)CCC(C)(C)O3)cc(C(=O)N=[N+]=[N-])c1OC(C#N)(C#N)CF. The average Bonchev–Trinajstić information content (AvgIpc) is 2.87. The first-order chi connectivity index (χ1) is 17.1. The highest BCUT2D eigenvalue weighted by atomic mass is 19.1.